The molecule has 2 nitrogen and oxygen atoms in total. The summed E-state index contributed by atoms with van der Waals surface area (Å²) in [5.74, 6) is 0.606. The predicted molar refractivity (Wildman–Crippen MR) is 33.6 cm³/mol. The molecule has 0 aliphatic carbocycles. The Balaban J connectivity index is 0.000000810. The molecule has 58 valence electrons. The Bertz CT molecular complexity index is 106. The minimum atomic E-state index is -0.172. The first-order chi connectivity index (χ1) is 4.33. The molecular weight excluding hydrogens is 300 g/mol. The molecule has 0 amide bonds. The van der Waals surface area contributed by atoms with E-state index < -0.39 is 0 Å². The van der Waals surface area contributed by atoms with Crippen LogP contribution < -0.4 is 0 Å². The molecule has 2 atom stereocenters. The molecule has 0 N–H and O–H groups in total. The van der Waals surface area contributed by atoms with E-state index in [0.717, 1.165) is 19.1 Å². The molecule has 1 rings (SSSR count). The van der Waals surface area contributed by atoms with E-state index in [-0.39, 0.29) is 27.2 Å². The fourth-order valence-electron chi connectivity index (χ4n) is 0.979. The fraction of sp³-hybridized carbons (Fsp3) is 0.714. The summed E-state index contributed by atoms with van der Waals surface area (Å²) < 4.78 is 5.00. The van der Waals surface area contributed by atoms with Gasteiger partial charge >= 0.3 is 0 Å². The van der Waals surface area contributed by atoms with Crippen molar-refractivity contribution in [1.82, 2.24) is 0 Å². The van der Waals surface area contributed by atoms with Crippen LogP contribution in [0.2, 0.25) is 0 Å². The van der Waals surface area contributed by atoms with E-state index >= 15 is 0 Å². The van der Waals surface area contributed by atoms with Crippen molar-refractivity contribution in [2.75, 3.05) is 0 Å². The van der Waals surface area contributed by atoms with E-state index in [9.17, 15) is 4.79 Å². The van der Waals surface area contributed by atoms with E-state index in [0.29, 0.717) is 5.92 Å². The standard InChI is InChI=1S/C7H11O2.W/c1-6-2-3-9-7(4-6)5-8;/h3,5-7H,2,4H2,1H3;/q-1;/t6-,7-;/m0./s1. The molecule has 1 heterocycles. The summed E-state index contributed by atoms with van der Waals surface area (Å²) in [4.78, 5) is 10.2. The van der Waals surface area contributed by atoms with Crippen LogP contribution in [0.15, 0.2) is 0 Å². The third-order valence-electron chi connectivity index (χ3n) is 1.56. The van der Waals surface area contributed by atoms with Crippen LogP contribution in [0.1, 0.15) is 19.8 Å². The molecule has 0 spiro atoms. The van der Waals surface area contributed by atoms with E-state index in [1.54, 1.807) is 6.61 Å². The molecule has 10 heavy (non-hydrogen) atoms. The maximum atomic E-state index is 10.2. The Labute approximate surface area is 75.6 Å². The van der Waals surface area contributed by atoms with Crippen LogP contribution in [0.3, 0.4) is 0 Å². The first-order valence-electron chi connectivity index (χ1n) is 3.25. The van der Waals surface area contributed by atoms with E-state index in [4.69, 9.17) is 4.74 Å². The first-order valence-corrected chi connectivity index (χ1v) is 3.25. The molecule has 1 fully saturated rings. The van der Waals surface area contributed by atoms with Gasteiger partial charge < -0.3 is 9.53 Å². The van der Waals surface area contributed by atoms with Gasteiger partial charge in [-0.25, -0.2) is 6.61 Å². The van der Waals surface area contributed by atoms with Crippen LogP contribution in [0.5, 0.6) is 0 Å². The monoisotopic (exact) mass is 311 g/mol. The summed E-state index contributed by atoms with van der Waals surface area (Å²) in [6.07, 6.45) is 2.55. The summed E-state index contributed by atoms with van der Waals surface area (Å²) in [5.41, 5.74) is 0. The Morgan fingerprint density at radius 1 is 1.70 bits per heavy atom. The minimum absolute atomic E-state index is 0. The molecule has 0 bridgehead atoms. The van der Waals surface area contributed by atoms with Gasteiger partial charge in [-0.1, -0.05) is 12.8 Å². The van der Waals surface area contributed by atoms with E-state index in [1.807, 2.05) is 0 Å². The Hall–Kier alpha value is 0.318. The summed E-state index contributed by atoms with van der Waals surface area (Å²) in [7, 11) is 0. The van der Waals surface area contributed by atoms with Gasteiger partial charge in [-0.3, -0.25) is 0 Å². The Morgan fingerprint density at radius 3 is 2.80 bits per heavy atom. The zero-order valence-corrected chi connectivity index (χ0v) is 8.88. The fourth-order valence-corrected chi connectivity index (χ4v) is 0.979. The second-order valence-corrected chi connectivity index (χ2v) is 2.55. The van der Waals surface area contributed by atoms with Crippen molar-refractivity contribution in [2.45, 2.75) is 25.9 Å². The van der Waals surface area contributed by atoms with Crippen LogP contribution in [0, 0.1) is 12.5 Å². The number of carbonyl (C=O) groups excluding carboxylic acids is 1. The minimum Gasteiger partial charge on any atom is -0.544 e. The van der Waals surface area contributed by atoms with Gasteiger partial charge in [-0.15, -0.1) is 0 Å². The van der Waals surface area contributed by atoms with Gasteiger partial charge in [-0.2, -0.15) is 6.42 Å². The van der Waals surface area contributed by atoms with Gasteiger partial charge in [-0.05, 0) is 6.42 Å². The number of ether oxygens (including phenoxy) is 1. The number of hydrogen-bond donors (Lipinski definition) is 0. The van der Waals surface area contributed by atoms with Gasteiger partial charge in [0.15, 0.2) is 0 Å². The summed E-state index contributed by atoms with van der Waals surface area (Å²) in [6.45, 7) is 3.85. The average molecular weight is 311 g/mol. The van der Waals surface area contributed by atoms with Crippen LogP contribution in [0.25, 0.3) is 0 Å². The second kappa shape index (κ2) is 5.03. The smallest absolute Gasteiger partial charge is 0.145 e. The normalized spacial score (nSPS) is 32.5. The van der Waals surface area contributed by atoms with Crippen molar-refractivity contribution < 1.29 is 30.6 Å². The van der Waals surface area contributed by atoms with Gasteiger partial charge in [0.25, 0.3) is 0 Å². The topological polar surface area (TPSA) is 26.3 Å². The summed E-state index contributed by atoms with van der Waals surface area (Å²) in [5, 5.41) is 0. The molecule has 1 saturated heterocycles. The number of hydrogen-bond acceptors (Lipinski definition) is 2. The van der Waals surface area contributed by atoms with Gasteiger partial charge in [0.2, 0.25) is 0 Å². The van der Waals surface area contributed by atoms with Crippen molar-refractivity contribution in [3.05, 3.63) is 6.61 Å². The van der Waals surface area contributed by atoms with Crippen molar-refractivity contribution in [2.24, 2.45) is 5.92 Å². The molecule has 0 saturated carbocycles. The molecular formula is C7H11O2W-. The van der Waals surface area contributed by atoms with Crippen LogP contribution >= 0.6 is 0 Å². The quantitative estimate of drug-likeness (QED) is 0.537. The third kappa shape index (κ3) is 2.94. The van der Waals surface area contributed by atoms with E-state index in [1.165, 1.54) is 0 Å². The zero-order valence-electron chi connectivity index (χ0n) is 5.95. The second-order valence-electron chi connectivity index (χ2n) is 2.55. The third-order valence-corrected chi connectivity index (χ3v) is 1.56. The molecule has 0 aromatic carbocycles. The van der Waals surface area contributed by atoms with Crippen LogP contribution in [-0.2, 0) is 30.6 Å². The van der Waals surface area contributed by atoms with Crippen molar-refractivity contribution in [3.63, 3.8) is 0 Å². The van der Waals surface area contributed by atoms with Gasteiger partial charge in [0.05, 0.1) is 6.10 Å². The van der Waals surface area contributed by atoms with Crippen LogP contribution in [0.4, 0.5) is 0 Å². The van der Waals surface area contributed by atoms with Crippen molar-refractivity contribution >= 4 is 6.29 Å². The first kappa shape index (κ1) is 10.3. The molecule has 1 aliphatic heterocycles. The largest absolute Gasteiger partial charge is 0.544 e. The average Bonchev–Trinajstić information content (AvgIpc) is 1.88. The molecule has 1 aliphatic rings. The van der Waals surface area contributed by atoms with Crippen LogP contribution in [-0.4, -0.2) is 12.4 Å². The molecule has 0 aromatic rings. The number of rotatable bonds is 1. The number of aldehydes is 1. The molecule has 0 aromatic heterocycles. The van der Waals surface area contributed by atoms with Gasteiger partial charge in [0, 0.05) is 21.1 Å². The van der Waals surface area contributed by atoms with Crippen molar-refractivity contribution in [1.29, 1.82) is 0 Å². The van der Waals surface area contributed by atoms with Crippen molar-refractivity contribution in [3.8, 4) is 0 Å². The maximum Gasteiger partial charge on any atom is 0.145 e. The molecule has 0 unspecified atom stereocenters. The predicted octanol–water partition coefficient (Wildman–Crippen LogP) is 1.16. The SMILES string of the molecule is C[C@H]1C[CH-]O[C@H](C=O)C1.[W]. The molecule has 0 radical (unpaired) electrons. The summed E-state index contributed by atoms with van der Waals surface area (Å²) >= 11 is 0. The van der Waals surface area contributed by atoms with Gasteiger partial charge in [0.1, 0.15) is 6.29 Å². The number of carbonyl (C=O) groups is 1. The maximum absolute atomic E-state index is 10.2. The zero-order chi connectivity index (χ0) is 6.69. The molecule has 3 heteroatoms. The van der Waals surface area contributed by atoms with E-state index in [2.05, 4.69) is 6.92 Å². The Kier molecular flexibility index (Phi) is 5.19. The Morgan fingerprint density at radius 2 is 2.40 bits per heavy atom. The summed E-state index contributed by atoms with van der Waals surface area (Å²) in [6, 6.07) is 0.